The first kappa shape index (κ1) is 17.1. The van der Waals surface area contributed by atoms with E-state index in [2.05, 4.69) is 20.7 Å². The predicted octanol–water partition coefficient (Wildman–Crippen LogP) is 2.37. The summed E-state index contributed by atoms with van der Waals surface area (Å²) < 4.78 is 39.4. The molecular formula is C12H15BrFNO4S. The Balaban J connectivity index is 3.06. The zero-order chi connectivity index (χ0) is 15.5. The third-order valence-corrected chi connectivity index (χ3v) is 4.93. The molecule has 0 saturated heterocycles. The molecule has 0 aliphatic heterocycles. The van der Waals surface area contributed by atoms with Crippen LogP contribution in [-0.2, 0) is 14.8 Å². The number of sulfonamides is 1. The zero-order valence-corrected chi connectivity index (χ0v) is 13.3. The van der Waals surface area contributed by atoms with Crippen molar-refractivity contribution in [3.05, 3.63) is 28.5 Å². The third kappa shape index (κ3) is 4.53. The molecule has 8 heteroatoms. The molecule has 2 N–H and O–H groups in total. The standard InChI is InChI=1S/C12H15BrFNO4S/c1-7(2)5-10(12(16)17)15-20(18,19)11-4-3-8(14)6-9(11)13/h3-4,6-7,10,15H,5H2,1-2H3,(H,16,17)/t10-/m0/s1. The summed E-state index contributed by atoms with van der Waals surface area (Å²) >= 11 is 2.95. The fourth-order valence-corrected chi connectivity index (χ4v) is 3.87. The highest BCUT2D eigenvalue weighted by Gasteiger charge is 2.27. The SMILES string of the molecule is CC(C)C[C@H](NS(=O)(=O)c1ccc(F)cc1Br)C(=O)O. The van der Waals surface area contributed by atoms with Crippen LogP contribution in [0.4, 0.5) is 4.39 Å². The van der Waals surface area contributed by atoms with Gasteiger partial charge in [0, 0.05) is 4.47 Å². The number of hydrogen-bond acceptors (Lipinski definition) is 3. The van der Waals surface area contributed by atoms with E-state index in [4.69, 9.17) is 5.11 Å². The Kier molecular flexibility index (Phi) is 5.67. The molecule has 0 aliphatic carbocycles. The van der Waals surface area contributed by atoms with Gasteiger partial charge in [0.05, 0.1) is 4.90 Å². The van der Waals surface area contributed by atoms with Crippen LogP contribution in [0.1, 0.15) is 20.3 Å². The van der Waals surface area contributed by atoms with Gasteiger partial charge in [-0.15, -0.1) is 0 Å². The van der Waals surface area contributed by atoms with Crippen molar-refractivity contribution in [1.82, 2.24) is 4.72 Å². The summed E-state index contributed by atoms with van der Waals surface area (Å²) in [5.41, 5.74) is 0. The maximum Gasteiger partial charge on any atom is 0.321 e. The van der Waals surface area contributed by atoms with Gasteiger partial charge in [0.2, 0.25) is 10.0 Å². The second-order valence-electron chi connectivity index (χ2n) is 4.72. The van der Waals surface area contributed by atoms with Gasteiger partial charge in [-0.05, 0) is 46.5 Å². The molecule has 5 nitrogen and oxygen atoms in total. The first-order valence-electron chi connectivity index (χ1n) is 5.83. The molecule has 0 fully saturated rings. The average Bonchev–Trinajstić information content (AvgIpc) is 2.26. The van der Waals surface area contributed by atoms with Crippen molar-refractivity contribution < 1.29 is 22.7 Å². The molecule has 0 heterocycles. The molecule has 0 amide bonds. The van der Waals surface area contributed by atoms with Crippen molar-refractivity contribution in [1.29, 1.82) is 0 Å². The van der Waals surface area contributed by atoms with E-state index >= 15 is 0 Å². The lowest BCUT2D eigenvalue weighted by atomic mass is 10.1. The van der Waals surface area contributed by atoms with Gasteiger partial charge in [-0.25, -0.2) is 12.8 Å². The molecule has 20 heavy (non-hydrogen) atoms. The highest BCUT2D eigenvalue weighted by atomic mass is 79.9. The van der Waals surface area contributed by atoms with E-state index in [1.807, 2.05) is 0 Å². The smallest absolute Gasteiger partial charge is 0.321 e. The normalized spacial score (nSPS) is 13.4. The Bertz CT molecular complexity index is 603. The molecule has 0 spiro atoms. The third-order valence-electron chi connectivity index (χ3n) is 2.49. The van der Waals surface area contributed by atoms with Crippen LogP contribution in [0.25, 0.3) is 0 Å². The van der Waals surface area contributed by atoms with Crippen LogP contribution < -0.4 is 4.72 Å². The largest absolute Gasteiger partial charge is 0.480 e. The lowest BCUT2D eigenvalue weighted by Crippen LogP contribution is -2.41. The predicted molar refractivity (Wildman–Crippen MR) is 75.3 cm³/mol. The summed E-state index contributed by atoms with van der Waals surface area (Å²) in [6.45, 7) is 3.58. The number of carboxylic acids is 1. The molecule has 1 atom stereocenters. The van der Waals surface area contributed by atoms with Gasteiger partial charge >= 0.3 is 5.97 Å². The van der Waals surface area contributed by atoms with Gasteiger partial charge in [-0.2, -0.15) is 4.72 Å². The quantitative estimate of drug-likeness (QED) is 0.808. The fourth-order valence-electron chi connectivity index (χ4n) is 1.61. The first-order valence-corrected chi connectivity index (χ1v) is 8.11. The molecule has 0 saturated carbocycles. The van der Waals surface area contributed by atoms with E-state index in [9.17, 15) is 17.6 Å². The number of halogens is 2. The number of hydrogen-bond donors (Lipinski definition) is 2. The van der Waals surface area contributed by atoms with Crippen LogP contribution in [0.5, 0.6) is 0 Å². The maximum atomic E-state index is 13.0. The lowest BCUT2D eigenvalue weighted by molar-refractivity contribution is -0.139. The molecule has 0 bridgehead atoms. The summed E-state index contributed by atoms with van der Waals surface area (Å²) in [5.74, 6) is -1.83. The zero-order valence-electron chi connectivity index (χ0n) is 10.9. The minimum atomic E-state index is -4.04. The second-order valence-corrected chi connectivity index (χ2v) is 7.25. The lowest BCUT2D eigenvalue weighted by Gasteiger charge is -2.17. The van der Waals surface area contributed by atoms with Crippen LogP contribution in [0.15, 0.2) is 27.6 Å². The number of benzene rings is 1. The molecule has 0 aliphatic rings. The number of carboxylic acid groups (broad SMARTS) is 1. The summed E-state index contributed by atoms with van der Waals surface area (Å²) in [6.07, 6.45) is 0.160. The van der Waals surface area contributed by atoms with Crippen molar-refractivity contribution in [2.75, 3.05) is 0 Å². The van der Waals surface area contributed by atoms with Gasteiger partial charge in [0.15, 0.2) is 0 Å². The Morgan fingerprint density at radius 1 is 1.45 bits per heavy atom. The van der Waals surface area contributed by atoms with E-state index < -0.39 is 27.9 Å². The molecule has 1 aromatic rings. The molecule has 0 unspecified atom stereocenters. The van der Waals surface area contributed by atoms with E-state index in [-0.39, 0.29) is 21.7 Å². The Morgan fingerprint density at radius 3 is 2.50 bits per heavy atom. The highest BCUT2D eigenvalue weighted by molar-refractivity contribution is 9.10. The van der Waals surface area contributed by atoms with Gasteiger partial charge in [0.25, 0.3) is 0 Å². The van der Waals surface area contributed by atoms with E-state index in [0.717, 1.165) is 18.2 Å². The van der Waals surface area contributed by atoms with Gasteiger partial charge < -0.3 is 5.11 Å². The van der Waals surface area contributed by atoms with Crippen LogP contribution in [0, 0.1) is 11.7 Å². The molecule has 1 rings (SSSR count). The molecule has 0 aromatic heterocycles. The van der Waals surface area contributed by atoms with Crippen molar-refractivity contribution in [2.24, 2.45) is 5.92 Å². The minimum Gasteiger partial charge on any atom is -0.480 e. The summed E-state index contributed by atoms with van der Waals surface area (Å²) in [6, 6.07) is 1.86. The average molecular weight is 368 g/mol. The number of nitrogens with one attached hydrogen (secondary N) is 1. The molecule has 1 aromatic carbocycles. The summed E-state index contributed by atoms with van der Waals surface area (Å²) in [5, 5.41) is 9.05. The van der Waals surface area contributed by atoms with Crippen molar-refractivity contribution in [2.45, 2.75) is 31.2 Å². The Morgan fingerprint density at radius 2 is 2.05 bits per heavy atom. The minimum absolute atomic E-state index is 0.00968. The van der Waals surface area contributed by atoms with Crippen LogP contribution in [-0.4, -0.2) is 25.5 Å². The van der Waals surface area contributed by atoms with Crippen molar-refractivity contribution >= 4 is 31.9 Å². The van der Waals surface area contributed by atoms with Crippen molar-refractivity contribution in [3.63, 3.8) is 0 Å². The second kappa shape index (κ2) is 6.64. The highest BCUT2D eigenvalue weighted by Crippen LogP contribution is 2.23. The summed E-state index contributed by atoms with van der Waals surface area (Å²) in [7, 11) is -4.04. The van der Waals surface area contributed by atoms with Crippen LogP contribution in [0.2, 0.25) is 0 Å². The number of carbonyl (C=O) groups is 1. The molecule has 112 valence electrons. The molecular weight excluding hydrogens is 353 g/mol. The van der Waals surface area contributed by atoms with Gasteiger partial charge in [-0.3, -0.25) is 4.79 Å². The Hall–Kier alpha value is -0.990. The maximum absolute atomic E-state index is 13.0. The van der Waals surface area contributed by atoms with E-state index in [1.165, 1.54) is 0 Å². The van der Waals surface area contributed by atoms with Gasteiger partial charge in [0.1, 0.15) is 11.9 Å². The summed E-state index contributed by atoms with van der Waals surface area (Å²) in [4.78, 5) is 10.9. The van der Waals surface area contributed by atoms with Crippen molar-refractivity contribution in [3.8, 4) is 0 Å². The Labute approximate surface area is 125 Å². The van der Waals surface area contributed by atoms with Crippen LogP contribution >= 0.6 is 15.9 Å². The number of aliphatic carboxylic acids is 1. The number of rotatable bonds is 6. The van der Waals surface area contributed by atoms with E-state index in [0.29, 0.717) is 0 Å². The topological polar surface area (TPSA) is 83.5 Å². The monoisotopic (exact) mass is 367 g/mol. The van der Waals surface area contributed by atoms with E-state index in [1.54, 1.807) is 13.8 Å². The molecule has 0 radical (unpaired) electrons. The van der Waals surface area contributed by atoms with Crippen LogP contribution in [0.3, 0.4) is 0 Å². The van der Waals surface area contributed by atoms with Gasteiger partial charge in [-0.1, -0.05) is 13.8 Å². The first-order chi connectivity index (χ1) is 9.13. The fraction of sp³-hybridized carbons (Fsp3) is 0.417.